The van der Waals surface area contributed by atoms with Crippen LogP contribution in [-0.4, -0.2) is 93.3 Å². The molecule has 12 heteroatoms. The van der Waals surface area contributed by atoms with Crippen molar-refractivity contribution >= 4 is 17.3 Å². The van der Waals surface area contributed by atoms with Gasteiger partial charge in [0, 0.05) is 36.4 Å². The number of methoxy groups -OCH3 is 1. The quantitative estimate of drug-likeness (QED) is 0.196. The van der Waals surface area contributed by atoms with Gasteiger partial charge in [-0.2, -0.15) is 0 Å². The molecule has 0 aromatic heterocycles. The lowest BCUT2D eigenvalue weighted by Crippen LogP contribution is -2.52. The number of carbonyl (C=O) groups is 3. The zero-order valence-corrected chi connectivity index (χ0v) is 21.4. The normalized spacial score (nSPS) is 24.1. The second kappa shape index (κ2) is 11.0. The molecule has 0 radical (unpaired) electrons. The maximum atomic E-state index is 13.3. The smallest absolute Gasteiger partial charge is 0.202 e. The average molecular weight is 546 g/mol. The molecule has 1 saturated heterocycles. The van der Waals surface area contributed by atoms with Crippen LogP contribution in [0.15, 0.2) is 24.3 Å². The topological polar surface area (TPSA) is 206 Å². The molecule has 210 valence electrons. The van der Waals surface area contributed by atoms with Crippen LogP contribution < -0.4 is 10.5 Å². The van der Waals surface area contributed by atoms with Crippen LogP contribution in [0.5, 0.6) is 17.2 Å². The Balaban J connectivity index is 1.62. The number of carbonyl (C=O) groups excluding carboxylic acids is 3. The molecule has 1 aliphatic carbocycles. The minimum atomic E-state index is -2.28. The number of ketones is 3. The van der Waals surface area contributed by atoms with Crippen LogP contribution in [-0.2, 0) is 20.7 Å². The summed E-state index contributed by atoms with van der Waals surface area (Å²) < 4.78 is 16.3. The molecule has 2 aromatic carbocycles. The highest BCUT2D eigenvalue weighted by atomic mass is 16.7. The standard InChI is InChI=1S/C27H31NO11/c1-12-23(32)15(28)9-19(39-12)38-7-6-27(36,18(31)11-29)10-13-8-16(30)21-22(24(13)33)25(34)14-4-3-5-17(37-2)20(14)26(21)35/h3-5,8,12,15,19,23,29-30,32-33,36H,6-7,9-11,28H2,1-2H3/t12?,15?,19?,23?,27-/m1/s1. The summed E-state index contributed by atoms with van der Waals surface area (Å²) in [7, 11) is 1.32. The number of Topliss-reactive ketones (excluding diaryl/α,β-unsaturated/α-hetero) is 1. The summed E-state index contributed by atoms with van der Waals surface area (Å²) >= 11 is 0. The van der Waals surface area contributed by atoms with E-state index in [4.69, 9.17) is 19.9 Å². The van der Waals surface area contributed by atoms with E-state index in [1.54, 1.807) is 6.92 Å². The molecular formula is C27H31NO11. The van der Waals surface area contributed by atoms with Crippen molar-refractivity contribution in [1.29, 1.82) is 0 Å². The fourth-order valence-electron chi connectivity index (χ4n) is 5.02. The monoisotopic (exact) mass is 545 g/mol. The molecule has 0 saturated carbocycles. The van der Waals surface area contributed by atoms with Gasteiger partial charge in [0.2, 0.25) is 5.78 Å². The first-order chi connectivity index (χ1) is 18.4. The van der Waals surface area contributed by atoms with Crippen LogP contribution in [0.25, 0.3) is 0 Å². The van der Waals surface area contributed by atoms with Crippen LogP contribution in [0.1, 0.15) is 57.2 Å². The summed E-state index contributed by atoms with van der Waals surface area (Å²) in [5.74, 6) is -3.70. The van der Waals surface area contributed by atoms with Gasteiger partial charge in [0.25, 0.3) is 0 Å². The van der Waals surface area contributed by atoms with Gasteiger partial charge < -0.3 is 45.5 Å². The first kappa shape index (κ1) is 28.6. The molecular weight excluding hydrogens is 514 g/mol. The molecule has 1 aliphatic heterocycles. The van der Waals surface area contributed by atoms with E-state index in [0.29, 0.717) is 0 Å². The number of rotatable bonds is 9. The van der Waals surface area contributed by atoms with E-state index in [9.17, 15) is 39.9 Å². The Labute approximate surface area is 223 Å². The number of nitrogens with two attached hydrogens (primary N) is 1. The number of hydrogen-bond donors (Lipinski definition) is 6. The number of benzene rings is 2. The fourth-order valence-corrected chi connectivity index (χ4v) is 5.02. The maximum absolute atomic E-state index is 13.3. The highest BCUT2D eigenvalue weighted by Crippen LogP contribution is 2.43. The maximum Gasteiger partial charge on any atom is 0.202 e. The second-order valence-corrected chi connectivity index (χ2v) is 9.77. The van der Waals surface area contributed by atoms with E-state index in [0.717, 1.165) is 6.07 Å². The zero-order valence-electron chi connectivity index (χ0n) is 21.4. The van der Waals surface area contributed by atoms with E-state index in [1.165, 1.54) is 25.3 Å². The molecule has 0 amide bonds. The Kier molecular flexibility index (Phi) is 8.07. The number of fused-ring (bicyclic) bond motifs is 2. The third-order valence-electron chi connectivity index (χ3n) is 7.25. The van der Waals surface area contributed by atoms with Crippen LogP contribution in [0.4, 0.5) is 0 Å². The molecule has 1 heterocycles. The lowest BCUT2D eigenvalue weighted by molar-refractivity contribution is -0.225. The molecule has 2 aromatic rings. The van der Waals surface area contributed by atoms with Crippen molar-refractivity contribution in [2.75, 3.05) is 20.3 Å². The highest BCUT2D eigenvalue weighted by Gasteiger charge is 2.41. The van der Waals surface area contributed by atoms with Crippen molar-refractivity contribution in [2.45, 2.75) is 56.3 Å². The number of aromatic hydroxyl groups is 2. The van der Waals surface area contributed by atoms with Crippen molar-refractivity contribution in [3.63, 3.8) is 0 Å². The summed E-state index contributed by atoms with van der Waals surface area (Å²) in [5, 5.41) is 52.4. The molecule has 4 rings (SSSR count). The van der Waals surface area contributed by atoms with E-state index >= 15 is 0 Å². The van der Waals surface area contributed by atoms with Gasteiger partial charge in [0.1, 0.15) is 29.5 Å². The zero-order chi connectivity index (χ0) is 28.6. The van der Waals surface area contributed by atoms with Crippen molar-refractivity contribution in [2.24, 2.45) is 5.73 Å². The molecule has 12 nitrogen and oxygen atoms in total. The number of phenolic OH excluding ortho intramolecular Hbond substituents is 2. The Morgan fingerprint density at radius 1 is 1.18 bits per heavy atom. The van der Waals surface area contributed by atoms with Gasteiger partial charge in [-0.3, -0.25) is 14.4 Å². The number of hydrogen-bond acceptors (Lipinski definition) is 12. The Hall–Kier alpha value is -3.39. The van der Waals surface area contributed by atoms with E-state index in [1.807, 2.05) is 0 Å². The van der Waals surface area contributed by atoms with E-state index in [-0.39, 0.29) is 41.9 Å². The van der Waals surface area contributed by atoms with Gasteiger partial charge in [-0.1, -0.05) is 12.1 Å². The highest BCUT2D eigenvalue weighted by molar-refractivity contribution is 6.31. The predicted molar refractivity (Wildman–Crippen MR) is 134 cm³/mol. The van der Waals surface area contributed by atoms with Crippen molar-refractivity contribution in [3.8, 4) is 17.2 Å². The van der Waals surface area contributed by atoms with Gasteiger partial charge in [-0.05, 0) is 19.1 Å². The summed E-state index contributed by atoms with van der Waals surface area (Å²) in [6.45, 7) is 0.356. The molecule has 39 heavy (non-hydrogen) atoms. The Morgan fingerprint density at radius 2 is 1.90 bits per heavy atom. The molecule has 1 fully saturated rings. The average Bonchev–Trinajstić information content (AvgIpc) is 2.91. The molecule has 2 aliphatic rings. The van der Waals surface area contributed by atoms with Gasteiger partial charge in [-0.25, -0.2) is 0 Å². The number of aliphatic hydroxyl groups is 3. The largest absolute Gasteiger partial charge is 0.507 e. The van der Waals surface area contributed by atoms with Gasteiger partial charge >= 0.3 is 0 Å². The fraction of sp³-hybridized carbons (Fsp3) is 0.444. The minimum absolute atomic E-state index is 0.0427. The molecule has 0 bridgehead atoms. The molecule has 4 unspecified atom stereocenters. The Morgan fingerprint density at radius 3 is 2.54 bits per heavy atom. The van der Waals surface area contributed by atoms with E-state index < -0.39 is 83.1 Å². The first-order valence-electron chi connectivity index (χ1n) is 12.3. The van der Waals surface area contributed by atoms with Gasteiger partial charge in [0.15, 0.2) is 17.9 Å². The first-order valence-corrected chi connectivity index (χ1v) is 12.3. The van der Waals surface area contributed by atoms with Crippen molar-refractivity contribution in [1.82, 2.24) is 0 Å². The molecule has 7 N–H and O–H groups in total. The SMILES string of the molecule is COc1cccc2c1C(=O)c1c(O)cc(C[C@](O)(CCOC3CC(N)C(O)C(C)O3)C(=O)CO)c(O)c1C2=O. The molecule has 5 atom stereocenters. The number of aliphatic hydroxyl groups excluding tert-OH is 2. The Bertz CT molecular complexity index is 1300. The van der Waals surface area contributed by atoms with Gasteiger partial charge in [-0.15, -0.1) is 0 Å². The van der Waals surface area contributed by atoms with Crippen molar-refractivity contribution in [3.05, 3.63) is 52.1 Å². The lowest BCUT2D eigenvalue weighted by atomic mass is 9.79. The number of phenols is 2. The van der Waals surface area contributed by atoms with Crippen LogP contribution in [0.2, 0.25) is 0 Å². The lowest BCUT2D eigenvalue weighted by Gasteiger charge is -2.36. The summed E-state index contributed by atoms with van der Waals surface area (Å²) in [6, 6.07) is 4.75. The molecule has 0 spiro atoms. The third kappa shape index (κ3) is 5.14. The summed E-state index contributed by atoms with van der Waals surface area (Å²) in [5.41, 5.74) is 2.41. The third-order valence-corrected chi connectivity index (χ3v) is 7.25. The van der Waals surface area contributed by atoms with Gasteiger partial charge in [0.05, 0.1) is 42.6 Å². The minimum Gasteiger partial charge on any atom is -0.507 e. The summed E-state index contributed by atoms with van der Waals surface area (Å²) in [4.78, 5) is 39.1. The van der Waals surface area contributed by atoms with Crippen LogP contribution in [0.3, 0.4) is 0 Å². The van der Waals surface area contributed by atoms with Crippen molar-refractivity contribution < 1.29 is 54.1 Å². The predicted octanol–water partition coefficient (Wildman–Crippen LogP) is -0.0534. The second-order valence-electron chi connectivity index (χ2n) is 9.77. The summed E-state index contributed by atoms with van der Waals surface area (Å²) in [6.07, 6.45) is -3.09. The van der Waals surface area contributed by atoms with E-state index in [2.05, 4.69) is 0 Å². The van der Waals surface area contributed by atoms with Crippen LogP contribution in [0, 0.1) is 0 Å². The number of ether oxygens (including phenoxy) is 3. The van der Waals surface area contributed by atoms with Crippen LogP contribution >= 0.6 is 0 Å².